The topological polar surface area (TPSA) is 0 Å². The van der Waals surface area contributed by atoms with Crippen molar-refractivity contribution in [1.82, 2.24) is 0 Å². The number of fused-ring (bicyclic) bond motifs is 3. The molecule has 42 heavy (non-hydrogen) atoms. The first-order chi connectivity index (χ1) is 20.9. The van der Waals surface area contributed by atoms with Gasteiger partial charge in [0.2, 0.25) is 0 Å². The molecule has 0 spiro atoms. The molecule has 0 heterocycles. The van der Waals surface area contributed by atoms with Crippen molar-refractivity contribution in [2.75, 3.05) is 0 Å². The van der Waals surface area contributed by atoms with Crippen LogP contribution in [0.3, 0.4) is 0 Å². The number of rotatable bonds is 4. The van der Waals surface area contributed by atoms with Gasteiger partial charge in [-0.05, 0) is 82.9 Å². The summed E-state index contributed by atoms with van der Waals surface area (Å²) in [6, 6.07) is 61.7. The number of benzene rings is 8. The molecule has 0 atom stereocenters. The van der Waals surface area contributed by atoms with E-state index in [1.807, 2.05) is 0 Å². The molecule has 8 aromatic carbocycles. The molecule has 0 nitrogen and oxygen atoms in total. The van der Waals surface area contributed by atoms with Crippen LogP contribution in [-0.4, -0.2) is 0 Å². The van der Waals surface area contributed by atoms with E-state index in [9.17, 15) is 0 Å². The fraction of sp³-hybridized carbons (Fsp3) is 0. The Morgan fingerprint density at radius 2 is 0.738 bits per heavy atom. The Bertz CT molecular complexity index is 2160. The Balaban J connectivity index is 1.51. The number of hydrogen-bond acceptors (Lipinski definition) is 0. The molecule has 0 aliphatic heterocycles. The van der Waals surface area contributed by atoms with E-state index in [0.717, 1.165) is 0 Å². The van der Waals surface area contributed by atoms with Crippen molar-refractivity contribution < 1.29 is 0 Å². The van der Waals surface area contributed by atoms with Crippen molar-refractivity contribution in [2.24, 2.45) is 0 Å². The second kappa shape index (κ2) is 10.2. The van der Waals surface area contributed by atoms with Gasteiger partial charge in [0.05, 0.1) is 0 Å². The van der Waals surface area contributed by atoms with Crippen LogP contribution in [0, 0.1) is 0 Å². The second-order valence-electron chi connectivity index (χ2n) is 10.9. The highest BCUT2D eigenvalue weighted by molar-refractivity contribution is 6.22. The fourth-order valence-electron chi connectivity index (χ4n) is 6.60. The van der Waals surface area contributed by atoms with Crippen LogP contribution in [0.25, 0.3) is 76.8 Å². The van der Waals surface area contributed by atoms with Gasteiger partial charge >= 0.3 is 0 Å². The van der Waals surface area contributed by atoms with Crippen molar-refractivity contribution in [3.05, 3.63) is 170 Å². The van der Waals surface area contributed by atoms with E-state index in [1.165, 1.54) is 76.8 Å². The fourth-order valence-corrected chi connectivity index (χ4v) is 6.60. The molecule has 0 saturated carbocycles. The standard InChI is InChI=1S/C42H28/c1-3-14-29(15-4-1)35-27-26-32(34-25-13-19-30-16-7-8-20-33(30)34)28-40(35)42-38-23-11-9-21-36(38)41(31-17-5-2-6-18-31)37-22-10-12-24-39(37)42/h1-28H. The molecule has 0 radical (unpaired) electrons. The lowest BCUT2D eigenvalue weighted by Gasteiger charge is -2.20. The first-order valence-corrected chi connectivity index (χ1v) is 14.5. The van der Waals surface area contributed by atoms with Crippen molar-refractivity contribution in [3.8, 4) is 44.5 Å². The molecule has 0 saturated heterocycles. The molecule has 0 fully saturated rings. The second-order valence-corrected chi connectivity index (χ2v) is 10.9. The summed E-state index contributed by atoms with van der Waals surface area (Å²) in [6.07, 6.45) is 0. The molecule has 0 unspecified atom stereocenters. The predicted molar refractivity (Wildman–Crippen MR) is 181 cm³/mol. The minimum atomic E-state index is 1.22. The van der Waals surface area contributed by atoms with Crippen molar-refractivity contribution in [3.63, 3.8) is 0 Å². The highest BCUT2D eigenvalue weighted by Crippen LogP contribution is 2.47. The molecule has 0 heteroatoms. The normalized spacial score (nSPS) is 11.3. The highest BCUT2D eigenvalue weighted by Gasteiger charge is 2.19. The predicted octanol–water partition coefficient (Wildman–Crippen LogP) is 11.8. The van der Waals surface area contributed by atoms with Gasteiger partial charge in [-0.2, -0.15) is 0 Å². The summed E-state index contributed by atoms with van der Waals surface area (Å²) >= 11 is 0. The molecule has 0 amide bonds. The smallest absolute Gasteiger partial charge is 0.00199 e. The summed E-state index contributed by atoms with van der Waals surface area (Å²) in [5.41, 5.74) is 9.99. The molecule has 196 valence electrons. The zero-order valence-corrected chi connectivity index (χ0v) is 23.2. The van der Waals surface area contributed by atoms with E-state index in [2.05, 4.69) is 170 Å². The summed E-state index contributed by atoms with van der Waals surface area (Å²) in [4.78, 5) is 0. The van der Waals surface area contributed by atoms with Crippen LogP contribution in [0.4, 0.5) is 0 Å². The lowest BCUT2D eigenvalue weighted by molar-refractivity contribution is 1.59. The van der Waals surface area contributed by atoms with Crippen LogP contribution >= 0.6 is 0 Å². The summed E-state index contributed by atoms with van der Waals surface area (Å²) in [5.74, 6) is 0. The van der Waals surface area contributed by atoms with Crippen LogP contribution in [-0.2, 0) is 0 Å². The molecule has 8 aromatic rings. The Kier molecular flexibility index (Phi) is 5.90. The quantitative estimate of drug-likeness (QED) is 0.198. The molecule has 0 aliphatic rings. The Labute approximate surface area is 246 Å². The van der Waals surface area contributed by atoms with Crippen LogP contribution in [0.1, 0.15) is 0 Å². The third kappa shape index (κ3) is 4.00. The molecule has 0 aromatic heterocycles. The van der Waals surface area contributed by atoms with Crippen molar-refractivity contribution in [2.45, 2.75) is 0 Å². The van der Waals surface area contributed by atoms with Crippen LogP contribution < -0.4 is 0 Å². The van der Waals surface area contributed by atoms with Gasteiger partial charge in [-0.25, -0.2) is 0 Å². The van der Waals surface area contributed by atoms with Crippen LogP contribution in [0.15, 0.2) is 170 Å². The minimum Gasteiger partial charge on any atom is -0.0622 e. The van der Waals surface area contributed by atoms with Gasteiger partial charge in [0.1, 0.15) is 0 Å². The third-order valence-electron chi connectivity index (χ3n) is 8.47. The third-order valence-corrected chi connectivity index (χ3v) is 8.47. The van der Waals surface area contributed by atoms with Gasteiger partial charge in [0.25, 0.3) is 0 Å². The molecule has 0 aliphatic carbocycles. The van der Waals surface area contributed by atoms with Gasteiger partial charge in [0.15, 0.2) is 0 Å². The molecule has 8 rings (SSSR count). The minimum absolute atomic E-state index is 1.22. The van der Waals surface area contributed by atoms with E-state index in [0.29, 0.717) is 0 Å². The SMILES string of the molecule is c1ccc(-c2ccc(-c3cccc4ccccc34)cc2-c2c3ccccc3c(-c3ccccc3)c3ccccc23)cc1. The van der Waals surface area contributed by atoms with Crippen molar-refractivity contribution in [1.29, 1.82) is 0 Å². The average Bonchev–Trinajstić information content (AvgIpc) is 3.07. The van der Waals surface area contributed by atoms with E-state index < -0.39 is 0 Å². The summed E-state index contributed by atoms with van der Waals surface area (Å²) in [5, 5.41) is 7.60. The van der Waals surface area contributed by atoms with Gasteiger partial charge in [-0.1, -0.05) is 164 Å². The first kappa shape index (κ1) is 24.3. The maximum atomic E-state index is 2.42. The van der Waals surface area contributed by atoms with Crippen LogP contribution in [0.2, 0.25) is 0 Å². The summed E-state index contributed by atoms with van der Waals surface area (Å²) < 4.78 is 0. The Morgan fingerprint density at radius 3 is 1.38 bits per heavy atom. The van der Waals surface area contributed by atoms with Crippen molar-refractivity contribution >= 4 is 32.3 Å². The average molecular weight is 533 g/mol. The lowest BCUT2D eigenvalue weighted by atomic mass is 9.82. The van der Waals surface area contributed by atoms with Gasteiger partial charge in [-0.15, -0.1) is 0 Å². The Hall–Kier alpha value is -5.46. The van der Waals surface area contributed by atoms with E-state index in [-0.39, 0.29) is 0 Å². The Morgan fingerprint density at radius 1 is 0.238 bits per heavy atom. The van der Waals surface area contributed by atoms with Crippen LogP contribution in [0.5, 0.6) is 0 Å². The number of hydrogen-bond donors (Lipinski definition) is 0. The monoisotopic (exact) mass is 532 g/mol. The molecule has 0 bridgehead atoms. The van der Waals surface area contributed by atoms with Gasteiger partial charge < -0.3 is 0 Å². The highest BCUT2D eigenvalue weighted by atomic mass is 14.2. The lowest BCUT2D eigenvalue weighted by Crippen LogP contribution is -1.93. The first-order valence-electron chi connectivity index (χ1n) is 14.5. The maximum Gasteiger partial charge on any atom is -0.00199 e. The molecular weight excluding hydrogens is 504 g/mol. The zero-order chi connectivity index (χ0) is 27.9. The van der Waals surface area contributed by atoms with Gasteiger partial charge in [-0.3, -0.25) is 0 Å². The molecular formula is C42H28. The van der Waals surface area contributed by atoms with E-state index in [4.69, 9.17) is 0 Å². The summed E-state index contributed by atoms with van der Waals surface area (Å²) in [7, 11) is 0. The zero-order valence-electron chi connectivity index (χ0n) is 23.2. The van der Waals surface area contributed by atoms with E-state index in [1.54, 1.807) is 0 Å². The van der Waals surface area contributed by atoms with Gasteiger partial charge in [0, 0.05) is 0 Å². The largest absolute Gasteiger partial charge is 0.0622 e. The molecule has 0 N–H and O–H groups in total. The summed E-state index contributed by atoms with van der Waals surface area (Å²) in [6.45, 7) is 0. The maximum absolute atomic E-state index is 2.42. The van der Waals surface area contributed by atoms with E-state index >= 15 is 0 Å².